The summed E-state index contributed by atoms with van der Waals surface area (Å²) < 4.78 is 14.5. The highest BCUT2D eigenvalue weighted by molar-refractivity contribution is 7.17. The molecule has 0 aliphatic carbocycles. The Labute approximate surface area is 81.0 Å². The van der Waals surface area contributed by atoms with Gasteiger partial charge in [0.25, 0.3) is 0 Å². The van der Waals surface area contributed by atoms with Crippen LogP contribution in [0.4, 0.5) is 4.39 Å². The van der Waals surface area contributed by atoms with Gasteiger partial charge in [-0.15, -0.1) is 11.3 Å². The molecule has 0 amide bonds. The number of hydrogen-bond acceptors (Lipinski definition) is 1. The Morgan fingerprint density at radius 3 is 2.69 bits per heavy atom. The molecule has 1 aromatic carbocycles. The van der Waals surface area contributed by atoms with Gasteiger partial charge in [0.1, 0.15) is 5.82 Å². The zero-order chi connectivity index (χ0) is 9.42. The maximum atomic E-state index is 13.5. The van der Waals surface area contributed by atoms with Gasteiger partial charge in [-0.2, -0.15) is 0 Å². The van der Waals surface area contributed by atoms with Gasteiger partial charge in [0.05, 0.1) is 0 Å². The fourth-order valence-corrected chi connectivity index (χ4v) is 2.65. The minimum absolute atomic E-state index is 0.0787. The summed E-state index contributed by atoms with van der Waals surface area (Å²) >= 11 is 1.62. The third-order valence-corrected chi connectivity index (χ3v) is 3.15. The van der Waals surface area contributed by atoms with E-state index in [4.69, 9.17) is 0 Å². The molecule has 1 heterocycles. The van der Waals surface area contributed by atoms with Crippen molar-refractivity contribution in [2.75, 3.05) is 0 Å². The number of fused-ring (bicyclic) bond motifs is 1. The van der Waals surface area contributed by atoms with Gasteiger partial charge in [-0.1, -0.05) is 19.9 Å². The molecular weight excluding hydrogens is 183 g/mol. The number of hydrogen-bond donors (Lipinski definition) is 0. The molecule has 68 valence electrons. The Balaban J connectivity index is 2.80. The molecule has 0 saturated carbocycles. The molecule has 2 rings (SSSR count). The summed E-state index contributed by atoms with van der Waals surface area (Å²) in [5.41, 5.74) is 0.854. The van der Waals surface area contributed by atoms with E-state index < -0.39 is 0 Å². The molecule has 0 atom stereocenters. The van der Waals surface area contributed by atoms with Crippen LogP contribution in [0.15, 0.2) is 23.6 Å². The lowest BCUT2D eigenvalue weighted by Gasteiger charge is -2.07. The second-order valence-electron chi connectivity index (χ2n) is 3.45. The summed E-state index contributed by atoms with van der Waals surface area (Å²) in [5, 5.41) is 3.16. The van der Waals surface area contributed by atoms with Gasteiger partial charge in [-0.05, 0) is 28.8 Å². The van der Waals surface area contributed by atoms with Crippen LogP contribution in [0.25, 0.3) is 10.1 Å². The molecule has 0 spiro atoms. The average Bonchev–Trinajstić information content (AvgIpc) is 2.50. The average molecular weight is 194 g/mol. The van der Waals surface area contributed by atoms with Crippen LogP contribution in [0.1, 0.15) is 25.3 Å². The lowest BCUT2D eigenvalue weighted by Crippen LogP contribution is -1.92. The van der Waals surface area contributed by atoms with Gasteiger partial charge in [0.2, 0.25) is 0 Å². The smallest absolute Gasteiger partial charge is 0.128 e. The van der Waals surface area contributed by atoms with Gasteiger partial charge in [-0.25, -0.2) is 4.39 Å². The van der Waals surface area contributed by atoms with Gasteiger partial charge in [0, 0.05) is 10.3 Å². The molecule has 0 unspecified atom stereocenters. The second-order valence-corrected chi connectivity index (χ2v) is 4.37. The predicted molar refractivity (Wildman–Crippen MR) is 55.9 cm³/mol. The van der Waals surface area contributed by atoms with Crippen molar-refractivity contribution < 1.29 is 4.39 Å². The van der Waals surface area contributed by atoms with Crippen molar-refractivity contribution in [3.8, 4) is 0 Å². The first-order chi connectivity index (χ1) is 6.20. The van der Waals surface area contributed by atoms with Crippen LogP contribution in [0, 0.1) is 5.82 Å². The lowest BCUT2D eigenvalue weighted by atomic mass is 10.0. The van der Waals surface area contributed by atoms with Crippen molar-refractivity contribution in [1.29, 1.82) is 0 Å². The zero-order valence-electron chi connectivity index (χ0n) is 7.67. The van der Waals surface area contributed by atoms with E-state index in [0.29, 0.717) is 0 Å². The van der Waals surface area contributed by atoms with Gasteiger partial charge >= 0.3 is 0 Å². The summed E-state index contributed by atoms with van der Waals surface area (Å²) in [6.07, 6.45) is 0. The van der Waals surface area contributed by atoms with Crippen molar-refractivity contribution in [2.45, 2.75) is 19.8 Å². The van der Waals surface area contributed by atoms with Crippen molar-refractivity contribution in [3.63, 3.8) is 0 Å². The molecule has 0 nitrogen and oxygen atoms in total. The standard InChI is InChI=1S/C11H11FS/c1-7(2)10-9(12)4-3-8-5-6-13-11(8)10/h3-7H,1-2H3. The molecule has 0 aliphatic heterocycles. The van der Waals surface area contributed by atoms with Gasteiger partial charge in [-0.3, -0.25) is 0 Å². The van der Waals surface area contributed by atoms with E-state index in [1.807, 2.05) is 31.4 Å². The predicted octanol–water partition coefficient (Wildman–Crippen LogP) is 4.16. The first kappa shape index (κ1) is 8.70. The van der Waals surface area contributed by atoms with Crippen LogP contribution in [0.5, 0.6) is 0 Å². The topological polar surface area (TPSA) is 0 Å². The third kappa shape index (κ3) is 1.35. The Morgan fingerprint density at radius 1 is 1.23 bits per heavy atom. The summed E-state index contributed by atoms with van der Waals surface area (Å²) in [5.74, 6) is 0.173. The zero-order valence-corrected chi connectivity index (χ0v) is 8.49. The van der Waals surface area contributed by atoms with E-state index in [9.17, 15) is 4.39 Å². The van der Waals surface area contributed by atoms with E-state index >= 15 is 0 Å². The first-order valence-electron chi connectivity index (χ1n) is 4.35. The Hall–Kier alpha value is -0.890. The van der Waals surface area contributed by atoms with Crippen molar-refractivity contribution in [3.05, 3.63) is 35.0 Å². The SMILES string of the molecule is CC(C)c1c(F)ccc2ccsc12. The number of thiophene rings is 1. The largest absolute Gasteiger partial charge is 0.207 e. The lowest BCUT2D eigenvalue weighted by molar-refractivity contribution is 0.602. The highest BCUT2D eigenvalue weighted by Gasteiger charge is 2.11. The maximum absolute atomic E-state index is 13.5. The van der Waals surface area contributed by atoms with Crippen molar-refractivity contribution in [1.82, 2.24) is 0 Å². The van der Waals surface area contributed by atoms with E-state index in [0.717, 1.165) is 15.6 Å². The molecule has 2 aromatic rings. The van der Waals surface area contributed by atoms with E-state index in [-0.39, 0.29) is 11.7 Å². The van der Waals surface area contributed by atoms with Gasteiger partial charge < -0.3 is 0 Å². The van der Waals surface area contributed by atoms with Crippen LogP contribution in [-0.2, 0) is 0 Å². The normalized spacial score (nSPS) is 11.4. The third-order valence-electron chi connectivity index (χ3n) is 2.18. The minimum Gasteiger partial charge on any atom is -0.207 e. The number of rotatable bonds is 1. The molecule has 2 heteroatoms. The van der Waals surface area contributed by atoms with Crippen LogP contribution < -0.4 is 0 Å². The molecule has 0 radical (unpaired) electrons. The van der Waals surface area contributed by atoms with E-state index in [2.05, 4.69) is 0 Å². The highest BCUT2D eigenvalue weighted by atomic mass is 32.1. The number of benzene rings is 1. The molecule has 0 fully saturated rings. The van der Waals surface area contributed by atoms with E-state index in [1.165, 1.54) is 0 Å². The Kier molecular flexibility index (Phi) is 2.08. The molecule has 0 N–H and O–H groups in total. The van der Waals surface area contributed by atoms with Crippen LogP contribution >= 0.6 is 11.3 Å². The highest BCUT2D eigenvalue weighted by Crippen LogP contribution is 2.31. The maximum Gasteiger partial charge on any atom is 0.128 e. The summed E-state index contributed by atoms with van der Waals surface area (Å²) in [7, 11) is 0. The summed E-state index contributed by atoms with van der Waals surface area (Å²) in [6, 6.07) is 5.43. The van der Waals surface area contributed by atoms with E-state index in [1.54, 1.807) is 17.4 Å². The fourth-order valence-electron chi connectivity index (χ4n) is 1.57. The molecule has 0 saturated heterocycles. The van der Waals surface area contributed by atoms with Crippen LogP contribution in [0.2, 0.25) is 0 Å². The number of halogens is 1. The summed E-state index contributed by atoms with van der Waals surface area (Å²) in [6.45, 7) is 4.05. The molecular formula is C11H11FS. The first-order valence-corrected chi connectivity index (χ1v) is 5.23. The molecule has 13 heavy (non-hydrogen) atoms. The Morgan fingerprint density at radius 2 is 2.00 bits per heavy atom. The quantitative estimate of drug-likeness (QED) is 0.639. The fraction of sp³-hybridized carbons (Fsp3) is 0.273. The minimum atomic E-state index is -0.0787. The summed E-state index contributed by atoms with van der Waals surface area (Å²) in [4.78, 5) is 0. The van der Waals surface area contributed by atoms with Gasteiger partial charge in [0.15, 0.2) is 0 Å². The molecule has 0 aliphatic rings. The molecule has 0 bridgehead atoms. The second kappa shape index (κ2) is 3.11. The Bertz CT molecular complexity index is 429. The molecule has 1 aromatic heterocycles. The van der Waals surface area contributed by atoms with Crippen molar-refractivity contribution in [2.24, 2.45) is 0 Å². The monoisotopic (exact) mass is 194 g/mol. The van der Waals surface area contributed by atoms with Crippen LogP contribution in [-0.4, -0.2) is 0 Å². The van der Waals surface area contributed by atoms with Crippen LogP contribution in [0.3, 0.4) is 0 Å². The van der Waals surface area contributed by atoms with Crippen molar-refractivity contribution >= 4 is 21.4 Å².